The number of sulfonamides is 1. The lowest BCUT2D eigenvalue weighted by Crippen LogP contribution is -2.49. The van der Waals surface area contributed by atoms with E-state index in [1.54, 1.807) is 20.8 Å². The van der Waals surface area contributed by atoms with Crippen LogP contribution in [-0.4, -0.2) is 55.9 Å². The van der Waals surface area contributed by atoms with E-state index in [2.05, 4.69) is 5.32 Å². The second-order valence-electron chi connectivity index (χ2n) is 8.58. The van der Waals surface area contributed by atoms with Gasteiger partial charge in [-0.2, -0.15) is 4.31 Å². The molecular formula is C20H28ClN3O6S. The van der Waals surface area contributed by atoms with Crippen LogP contribution in [0.4, 0.5) is 4.79 Å². The number of carbonyl (C=O) groups is 3. The number of hydrogen-bond acceptors (Lipinski definition) is 6. The largest absolute Gasteiger partial charge is 0.452 e. The van der Waals surface area contributed by atoms with Gasteiger partial charge in [0.25, 0.3) is 5.91 Å². The molecule has 1 fully saturated rings. The highest BCUT2D eigenvalue weighted by molar-refractivity contribution is 7.89. The second-order valence-corrected chi connectivity index (χ2v) is 10.9. The third kappa shape index (κ3) is 7.19. The van der Waals surface area contributed by atoms with E-state index in [9.17, 15) is 22.8 Å². The predicted molar refractivity (Wildman–Crippen MR) is 115 cm³/mol. The summed E-state index contributed by atoms with van der Waals surface area (Å²) in [4.78, 5) is 35.6. The van der Waals surface area contributed by atoms with Crippen LogP contribution < -0.4 is 10.6 Å². The van der Waals surface area contributed by atoms with Crippen molar-refractivity contribution in [3.05, 3.63) is 28.8 Å². The lowest BCUT2D eigenvalue weighted by Gasteiger charge is -2.30. The highest BCUT2D eigenvalue weighted by Gasteiger charge is 2.31. The summed E-state index contributed by atoms with van der Waals surface area (Å²) in [6.07, 6.45) is 1.69. The molecular weight excluding hydrogens is 446 g/mol. The van der Waals surface area contributed by atoms with Crippen molar-refractivity contribution >= 4 is 39.5 Å². The fourth-order valence-corrected chi connectivity index (χ4v) is 5.18. The first kappa shape index (κ1) is 25.1. The average Bonchev–Trinajstić information content (AvgIpc) is 2.64. The van der Waals surface area contributed by atoms with E-state index in [0.717, 1.165) is 18.9 Å². The van der Waals surface area contributed by atoms with Crippen LogP contribution in [0.15, 0.2) is 23.1 Å². The Hall–Kier alpha value is -2.17. The van der Waals surface area contributed by atoms with Crippen LogP contribution in [0.1, 0.15) is 50.9 Å². The van der Waals surface area contributed by atoms with Crippen LogP contribution >= 0.6 is 11.6 Å². The number of nitrogens with one attached hydrogen (secondary N) is 2. The minimum Gasteiger partial charge on any atom is -0.452 e. The smallest absolute Gasteiger partial charge is 0.338 e. The monoisotopic (exact) mass is 473 g/mol. The van der Waals surface area contributed by atoms with Gasteiger partial charge >= 0.3 is 12.0 Å². The van der Waals surface area contributed by atoms with Crippen molar-refractivity contribution in [2.24, 2.45) is 5.92 Å². The maximum absolute atomic E-state index is 13.0. The number of rotatable bonds is 5. The molecule has 1 heterocycles. The quantitative estimate of drug-likeness (QED) is 0.633. The third-order valence-electron chi connectivity index (χ3n) is 4.48. The standard InChI is InChI=1S/C20H28ClN3O6S/c1-13-6-5-9-24(11-13)31(28,29)16-10-14(7-8-15(16)21)18(26)30-12-17(25)22-19(27)23-20(2,3)4/h7-8,10,13H,5-6,9,11-12H2,1-4H3,(H2,22,23,25,27)/t13-/m0/s1. The molecule has 1 saturated heterocycles. The summed E-state index contributed by atoms with van der Waals surface area (Å²) in [6.45, 7) is 7.27. The highest BCUT2D eigenvalue weighted by Crippen LogP contribution is 2.29. The summed E-state index contributed by atoms with van der Waals surface area (Å²) < 4.78 is 32.3. The van der Waals surface area contributed by atoms with E-state index in [4.69, 9.17) is 16.3 Å². The average molecular weight is 474 g/mol. The minimum absolute atomic E-state index is 0.00799. The van der Waals surface area contributed by atoms with Gasteiger partial charge in [0.1, 0.15) is 4.90 Å². The highest BCUT2D eigenvalue weighted by atomic mass is 35.5. The van der Waals surface area contributed by atoms with Crippen molar-refractivity contribution in [2.45, 2.75) is 51.0 Å². The molecule has 1 aliphatic heterocycles. The number of benzene rings is 1. The van der Waals surface area contributed by atoms with Gasteiger partial charge in [-0.3, -0.25) is 10.1 Å². The van der Waals surface area contributed by atoms with Crippen LogP contribution in [-0.2, 0) is 19.6 Å². The molecule has 3 amide bonds. The number of halogens is 1. The summed E-state index contributed by atoms with van der Waals surface area (Å²) in [6, 6.07) is 3.04. The number of nitrogens with zero attached hydrogens (tertiary/aromatic N) is 1. The minimum atomic E-state index is -3.88. The molecule has 0 aliphatic carbocycles. The van der Waals surface area contributed by atoms with Crippen molar-refractivity contribution in [2.75, 3.05) is 19.7 Å². The summed E-state index contributed by atoms with van der Waals surface area (Å²) in [5.74, 6) is -1.50. The van der Waals surface area contributed by atoms with Gasteiger partial charge in [0.2, 0.25) is 10.0 Å². The summed E-state index contributed by atoms with van der Waals surface area (Å²) in [7, 11) is -3.88. The normalized spacial score (nSPS) is 17.6. The number of amides is 3. The Morgan fingerprint density at radius 3 is 2.55 bits per heavy atom. The molecule has 31 heavy (non-hydrogen) atoms. The van der Waals surface area contributed by atoms with E-state index in [1.807, 2.05) is 12.2 Å². The maximum Gasteiger partial charge on any atom is 0.338 e. The Bertz CT molecular complexity index is 958. The topological polar surface area (TPSA) is 122 Å². The second kappa shape index (κ2) is 9.97. The van der Waals surface area contributed by atoms with E-state index >= 15 is 0 Å². The van der Waals surface area contributed by atoms with E-state index in [-0.39, 0.29) is 21.4 Å². The van der Waals surface area contributed by atoms with Gasteiger partial charge < -0.3 is 10.1 Å². The number of piperidine rings is 1. The van der Waals surface area contributed by atoms with Crippen molar-refractivity contribution in [3.63, 3.8) is 0 Å². The number of hydrogen-bond donors (Lipinski definition) is 2. The molecule has 0 bridgehead atoms. The first-order valence-corrected chi connectivity index (χ1v) is 11.7. The fourth-order valence-electron chi connectivity index (χ4n) is 3.08. The number of imide groups is 1. The number of ether oxygens (including phenoxy) is 1. The molecule has 0 unspecified atom stereocenters. The fraction of sp³-hybridized carbons (Fsp3) is 0.550. The molecule has 0 aromatic heterocycles. The Morgan fingerprint density at radius 1 is 1.26 bits per heavy atom. The first-order chi connectivity index (χ1) is 14.3. The van der Waals surface area contributed by atoms with Gasteiger partial charge in [-0.25, -0.2) is 18.0 Å². The molecule has 1 aromatic rings. The summed E-state index contributed by atoms with van der Waals surface area (Å²) in [5, 5.41) is 4.57. The number of carbonyl (C=O) groups excluding carboxylic acids is 3. The Morgan fingerprint density at radius 2 is 1.94 bits per heavy atom. The Kier molecular flexibility index (Phi) is 8.07. The molecule has 1 aromatic carbocycles. The van der Waals surface area contributed by atoms with Gasteiger partial charge in [0.15, 0.2) is 6.61 Å². The third-order valence-corrected chi connectivity index (χ3v) is 6.83. The molecule has 172 valence electrons. The predicted octanol–water partition coefficient (Wildman–Crippen LogP) is 2.54. The molecule has 0 saturated carbocycles. The van der Waals surface area contributed by atoms with E-state index < -0.39 is 40.1 Å². The summed E-state index contributed by atoms with van der Waals surface area (Å²) in [5.41, 5.74) is -0.613. The van der Waals surface area contributed by atoms with Crippen LogP contribution in [0.2, 0.25) is 5.02 Å². The van der Waals surface area contributed by atoms with Gasteiger partial charge in [-0.1, -0.05) is 18.5 Å². The molecule has 2 N–H and O–H groups in total. The van der Waals surface area contributed by atoms with Crippen LogP contribution in [0.5, 0.6) is 0 Å². The molecule has 2 rings (SSSR count). The van der Waals surface area contributed by atoms with Crippen molar-refractivity contribution in [1.82, 2.24) is 14.9 Å². The van der Waals surface area contributed by atoms with Crippen molar-refractivity contribution in [3.8, 4) is 0 Å². The van der Waals surface area contributed by atoms with E-state index in [1.165, 1.54) is 16.4 Å². The van der Waals surface area contributed by atoms with Gasteiger partial charge in [-0.15, -0.1) is 0 Å². The zero-order valence-electron chi connectivity index (χ0n) is 18.0. The van der Waals surface area contributed by atoms with Crippen LogP contribution in [0.25, 0.3) is 0 Å². The lowest BCUT2D eigenvalue weighted by atomic mass is 10.0. The lowest BCUT2D eigenvalue weighted by molar-refractivity contribution is -0.123. The van der Waals surface area contributed by atoms with Crippen LogP contribution in [0.3, 0.4) is 0 Å². The Labute approximate surface area is 187 Å². The van der Waals surface area contributed by atoms with Gasteiger partial charge in [0.05, 0.1) is 10.6 Å². The number of esters is 1. The summed E-state index contributed by atoms with van der Waals surface area (Å²) >= 11 is 6.11. The molecule has 11 heteroatoms. The van der Waals surface area contributed by atoms with E-state index in [0.29, 0.717) is 13.1 Å². The maximum atomic E-state index is 13.0. The molecule has 1 atom stereocenters. The Balaban J connectivity index is 2.06. The van der Waals surface area contributed by atoms with Crippen molar-refractivity contribution < 1.29 is 27.5 Å². The van der Waals surface area contributed by atoms with Crippen LogP contribution in [0, 0.1) is 5.92 Å². The van der Waals surface area contributed by atoms with Crippen molar-refractivity contribution in [1.29, 1.82) is 0 Å². The molecule has 9 nitrogen and oxygen atoms in total. The SMILES string of the molecule is C[C@H]1CCCN(S(=O)(=O)c2cc(C(=O)OCC(=O)NC(=O)NC(C)(C)C)ccc2Cl)C1. The molecule has 0 radical (unpaired) electrons. The zero-order chi connectivity index (χ0) is 23.4. The van der Waals surface area contributed by atoms with Gasteiger partial charge in [-0.05, 0) is 57.7 Å². The number of urea groups is 1. The molecule has 1 aliphatic rings. The molecule has 0 spiro atoms. The first-order valence-electron chi connectivity index (χ1n) is 9.88. The van der Waals surface area contributed by atoms with Gasteiger partial charge in [0, 0.05) is 18.6 Å². The zero-order valence-corrected chi connectivity index (χ0v) is 19.6.